The highest BCUT2D eigenvalue weighted by Gasteiger charge is 2.30. The van der Waals surface area contributed by atoms with Crippen LogP contribution in [0.3, 0.4) is 0 Å². The predicted molar refractivity (Wildman–Crippen MR) is 113 cm³/mol. The fraction of sp³-hybridized carbons (Fsp3) is 0.333. The molecule has 0 unspecified atom stereocenters. The molecule has 0 aliphatic carbocycles. The molecule has 29 heavy (non-hydrogen) atoms. The summed E-state index contributed by atoms with van der Waals surface area (Å²) in [5.41, 5.74) is 1.33. The van der Waals surface area contributed by atoms with Crippen molar-refractivity contribution in [2.75, 3.05) is 18.4 Å². The predicted octanol–water partition coefficient (Wildman–Crippen LogP) is 2.79. The average molecular weight is 410 g/mol. The van der Waals surface area contributed by atoms with Gasteiger partial charge >= 0.3 is 0 Å². The van der Waals surface area contributed by atoms with Gasteiger partial charge in [0, 0.05) is 31.7 Å². The van der Waals surface area contributed by atoms with Crippen LogP contribution in [0.15, 0.2) is 41.5 Å². The summed E-state index contributed by atoms with van der Waals surface area (Å²) in [5.74, 6) is -0.208. The standard InChI is InChI=1S/C21H22N4O3S/c1-13-16-19(22-12-24(2)20(16)27)29-17(13)21(28)25-10-8-14(9-11-25)18(26)23-15-6-4-3-5-7-15/h3-7,12,14H,8-11H2,1-2H3,(H,23,26). The third kappa shape index (κ3) is 3.67. The van der Waals surface area contributed by atoms with Crippen LogP contribution >= 0.6 is 11.3 Å². The Morgan fingerprint density at radius 2 is 1.86 bits per heavy atom. The Kier molecular flexibility index (Phi) is 5.19. The molecule has 1 fully saturated rings. The summed E-state index contributed by atoms with van der Waals surface area (Å²) in [6.07, 6.45) is 2.72. The Bertz CT molecular complexity index is 1130. The van der Waals surface area contributed by atoms with Gasteiger partial charge in [-0.1, -0.05) is 18.2 Å². The van der Waals surface area contributed by atoms with Crippen molar-refractivity contribution >= 4 is 39.1 Å². The molecule has 3 heterocycles. The van der Waals surface area contributed by atoms with E-state index in [1.165, 1.54) is 22.2 Å². The van der Waals surface area contributed by atoms with E-state index in [9.17, 15) is 14.4 Å². The molecule has 1 N–H and O–H groups in total. The molecule has 1 aliphatic heterocycles. The van der Waals surface area contributed by atoms with Gasteiger partial charge < -0.3 is 14.8 Å². The number of likely N-dealkylation sites (tertiary alicyclic amines) is 1. The lowest BCUT2D eigenvalue weighted by atomic mass is 9.95. The van der Waals surface area contributed by atoms with Crippen molar-refractivity contribution in [1.82, 2.24) is 14.5 Å². The Morgan fingerprint density at radius 1 is 1.17 bits per heavy atom. The van der Waals surface area contributed by atoms with Crippen LogP contribution in [-0.4, -0.2) is 39.4 Å². The van der Waals surface area contributed by atoms with Gasteiger partial charge in [0.25, 0.3) is 11.5 Å². The smallest absolute Gasteiger partial charge is 0.264 e. The second-order valence-corrected chi connectivity index (χ2v) is 8.32. The number of amides is 2. The van der Waals surface area contributed by atoms with Gasteiger partial charge in [-0.25, -0.2) is 4.98 Å². The first-order valence-electron chi connectivity index (χ1n) is 9.55. The number of aryl methyl sites for hydroxylation is 2. The summed E-state index contributed by atoms with van der Waals surface area (Å²) in [5, 5.41) is 3.45. The molecule has 150 valence electrons. The van der Waals surface area contributed by atoms with Crippen LogP contribution in [0.5, 0.6) is 0 Å². The number of piperidine rings is 1. The van der Waals surface area contributed by atoms with Crippen molar-refractivity contribution in [2.45, 2.75) is 19.8 Å². The van der Waals surface area contributed by atoms with Crippen LogP contribution in [0.1, 0.15) is 28.1 Å². The number of anilines is 1. The van der Waals surface area contributed by atoms with Crippen LogP contribution in [-0.2, 0) is 11.8 Å². The minimum atomic E-state index is -0.140. The number of nitrogens with zero attached hydrogens (tertiary/aromatic N) is 3. The monoisotopic (exact) mass is 410 g/mol. The van der Waals surface area contributed by atoms with E-state index in [0.29, 0.717) is 46.6 Å². The van der Waals surface area contributed by atoms with E-state index in [0.717, 1.165) is 5.69 Å². The van der Waals surface area contributed by atoms with Crippen LogP contribution in [0.4, 0.5) is 5.69 Å². The number of benzene rings is 1. The molecule has 0 saturated carbocycles. The van der Waals surface area contributed by atoms with Gasteiger partial charge in [-0.15, -0.1) is 11.3 Å². The highest BCUT2D eigenvalue weighted by Crippen LogP contribution is 2.29. The van der Waals surface area contributed by atoms with Gasteiger partial charge in [-0.05, 0) is 37.5 Å². The van der Waals surface area contributed by atoms with Gasteiger partial charge in [-0.3, -0.25) is 14.4 Å². The lowest BCUT2D eigenvalue weighted by molar-refractivity contribution is -0.121. The van der Waals surface area contributed by atoms with E-state index in [1.807, 2.05) is 30.3 Å². The van der Waals surface area contributed by atoms with E-state index in [4.69, 9.17) is 0 Å². The van der Waals surface area contributed by atoms with Gasteiger partial charge in [0.2, 0.25) is 5.91 Å². The van der Waals surface area contributed by atoms with Gasteiger partial charge in [-0.2, -0.15) is 0 Å². The van der Waals surface area contributed by atoms with E-state index in [-0.39, 0.29) is 23.3 Å². The third-order valence-corrected chi connectivity index (χ3v) is 6.59. The summed E-state index contributed by atoms with van der Waals surface area (Å²) in [4.78, 5) is 45.1. The number of hydrogen-bond donors (Lipinski definition) is 1. The SMILES string of the molecule is Cc1c(C(=O)N2CCC(C(=O)Nc3ccccc3)CC2)sc2ncn(C)c(=O)c12. The van der Waals surface area contributed by atoms with Gasteiger partial charge in [0.15, 0.2) is 0 Å². The quantitative estimate of drug-likeness (QED) is 0.720. The number of fused-ring (bicyclic) bond motifs is 1. The molecule has 8 heteroatoms. The first-order chi connectivity index (χ1) is 14.0. The third-order valence-electron chi connectivity index (χ3n) is 5.40. The van der Waals surface area contributed by atoms with Crippen molar-refractivity contribution in [3.8, 4) is 0 Å². The average Bonchev–Trinajstić information content (AvgIpc) is 3.08. The van der Waals surface area contributed by atoms with Crippen LogP contribution in [0.2, 0.25) is 0 Å². The second-order valence-electron chi connectivity index (χ2n) is 7.32. The Balaban J connectivity index is 1.45. The number of hydrogen-bond acceptors (Lipinski definition) is 5. The maximum absolute atomic E-state index is 13.1. The Labute approximate surface area is 172 Å². The zero-order valence-corrected chi connectivity index (χ0v) is 17.2. The summed E-state index contributed by atoms with van der Waals surface area (Å²) in [7, 11) is 1.65. The van der Waals surface area contributed by atoms with Crippen molar-refractivity contribution in [1.29, 1.82) is 0 Å². The number of para-hydroxylation sites is 1. The molecule has 1 aromatic carbocycles. The number of carbonyl (C=O) groups excluding carboxylic acids is 2. The van der Waals surface area contributed by atoms with E-state index >= 15 is 0 Å². The van der Waals surface area contributed by atoms with Crippen LogP contribution in [0, 0.1) is 12.8 Å². The lowest BCUT2D eigenvalue weighted by Crippen LogP contribution is -2.41. The van der Waals surface area contributed by atoms with Crippen LogP contribution in [0.25, 0.3) is 10.2 Å². The lowest BCUT2D eigenvalue weighted by Gasteiger charge is -2.31. The summed E-state index contributed by atoms with van der Waals surface area (Å²) in [6, 6.07) is 9.39. The van der Waals surface area contributed by atoms with Crippen molar-refractivity contribution in [2.24, 2.45) is 13.0 Å². The van der Waals surface area contributed by atoms with Gasteiger partial charge in [0.05, 0.1) is 16.6 Å². The van der Waals surface area contributed by atoms with Crippen molar-refractivity contribution in [3.05, 3.63) is 57.5 Å². The normalized spacial score (nSPS) is 14.9. The number of nitrogens with one attached hydrogen (secondary N) is 1. The molecule has 2 aromatic heterocycles. The number of aromatic nitrogens is 2. The first-order valence-corrected chi connectivity index (χ1v) is 10.4. The molecule has 0 radical (unpaired) electrons. The maximum Gasteiger partial charge on any atom is 0.264 e. The fourth-order valence-electron chi connectivity index (χ4n) is 3.67. The molecule has 7 nitrogen and oxygen atoms in total. The first kappa shape index (κ1) is 19.3. The molecule has 1 aliphatic rings. The maximum atomic E-state index is 13.1. The minimum Gasteiger partial charge on any atom is -0.338 e. The largest absolute Gasteiger partial charge is 0.338 e. The molecular weight excluding hydrogens is 388 g/mol. The van der Waals surface area contributed by atoms with E-state index < -0.39 is 0 Å². The minimum absolute atomic E-state index is 0.00552. The zero-order chi connectivity index (χ0) is 20.5. The summed E-state index contributed by atoms with van der Waals surface area (Å²) >= 11 is 1.26. The Morgan fingerprint density at radius 3 is 2.55 bits per heavy atom. The highest BCUT2D eigenvalue weighted by molar-refractivity contribution is 7.20. The molecule has 4 rings (SSSR count). The van der Waals surface area contributed by atoms with Crippen LogP contribution < -0.4 is 10.9 Å². The fourth-order valence-corrected chi connectivity index (χ4v) is 4.77. The van der Waals surface area contributed by atoms with Crippen molar-refractivity contribution < 1.29 is 9.59 Å². The zero-order valence-electron chi connectivity index (χ0n) is 16.3. The molecule has 1 saturated heterocycles. The molecule has 2 amide bonds. The number of rotatable bonds is 3. The molecule has 3 aromatic rings. The van der Waals surface area contributed by atoms with Crippen molar-refractivity contribution in [3.63, 3.8) is 0 Å². The second kappa shape index (κ2) is 7.79. The number of thiophene rings is 1. The topological polar surface area (TPSA) is 84.3 Å². The summed E-state index contributed by atoms with van der Waals surface area (Å²) < 4.78 is 1.42. The molecule has 0 atom stereocenters. The molecular formula is C21H22N4O3S. The highest BCUT2D eigenvalue weighted by atomic mass is 32.1. The van der Waals surface area contributed by atoms with E-state index in [1.54, 1.807) is 18.9 Å². The Hall–Kier alpha value is -3.00. The van der Waals surface area contributed by atoms with E-state index in [2.05, 4.69) is 10.3 Å². The molecule has 0 spiro atoms. The van der Waals surface area contributed by atoms with Gasteiger partial charge in [0.1, 0.15) is 4.83 Å². The number of carbonyl (C=O) groups is 2. The molecule has 0 bridgehead atoms. The summed E-state index contributed by atoms with van der Waals surface area (Å²) in [6.45, 7) is 2.84.